The summed E-state index contributed by atoms with van der Waals surface area (Å²) in [4.78, 5) is 21.0. The maximum absolute atomic E-state index is 12.1. The molecule has 0 saturated heterocycles. The molecule has 3 aromatic rings. The molecule has 3 aromatic heterocycles. The number of pyridine rings is 2. The van der Waals surface area contributed by atoms with Gasteiger partial charge in [-0.15, -0.1) is 0 Å². The summed E-state index contributed by atoms with van der Waals surface area (Å²) >= 11 is 0. The van der Waals surface area contributed by atoms with Crippen LogP contribution in [0.1, 0.15) is 50.8 Å². The van der Waals surface area contributed by atoms with Crippen LogP contribution in [-0.2, 0) is 9.53 Å². The van der Waals surface area contributed by atoms with E-state index in [1.165, 1.54) is 0 Å². The predicted molar refractivity (Wildman–Crippen MR) is 107 cm³/mol. The van der Waals surface area contributed by atoms with Crippen molar-refractivity contribution in [3.63, 3.8) is 0 Å². The molecule has 6 heteroatoms. The molecule has 0 bridgehead atoms. The van der Waals surface area contributed by atoms with E-state index in [4.69, 9.17) is 4.74 Å². The molecule has 1 atom stereocenters. The highest BCUT2D eigenvalue weighted by Gasteiger charge is 2.19. The van der Waals surface area contributed by atoms with Crippen molar-refractivity contribution in [3.05, 3.63) is 48.0 Å². The molecule has 0 radical (unpaired) electrons. The molecule has 0 fully saturated rings. The number of anilines is 2. The van der Waals surface area contributed by atoms with Crippen LogP contribution in [0, 0.1) is 6.92 Å². The number of ether oxygens (including phenoxy) is 1. The summed E-state index contributed by atoms with van der Waals surface area (Å²) in [7, 11) is 0. The molecule has 3 heterocycles. The van der Waals surface area contributed by atoms with E-state index in [-0.39, 0.29) is 5.97 Å². The van der Waals surface area contributed by atoms with Gasteiger partial charge in [-0.25, -0.2) is 9.78 Å². The van der Waals surface area contributed by atoms with Crippen molar-refractivity contribution >= 4 is 28.4 Å². The number of fused-ring (bicyclic) bond motifs is 1. The summed E-state index contributed by atoms with van der Waals surface area (Å²) in [5, 5.41) is 4.45. The molecule has 0 aromatic carbocycles. The van der Waals surface area contributed by atoms with Gasteiger partial charge in [0.05, 0.1) is 12.1 Å². The summed E-state index contributed by atoms with van der Waals surface area (Å²) in [5.41, 5.74) is 4.18. The van der Waals surface area contributed by atoms with Crippen molar-refractivity contribution in [1.82, 2.24) is 14.5 Å². The lowest BCUT2D eigenvalue weighted by Gasteiger charge is -2.17. The minimum atomic E-state index is -0.397. The van der Waals surface area contributed by atoms with Crippen LogP contribution in [0.5, 0.6) is 0 Å². The summed E-state index contributed by atoms with van der Waals surface area (Å²) in [6.45, 7) is 10.4. The van der Waals surface area contributed by atoms with E-state index in [2.05, 4.69) is 29.1 Å². The molecule has 3 rings (SSSR count). The maximum atomic E-state index is 12.1. The first-order chi connectivity index (χ1) is 12.9. The van der Waals surface area contributed by atoms with Gasteiger partial charge >= 0.3 is 5.97 Å². The van der Waals surface area contributed by atoms with Crippen LogP contribution in [0.25, 0.3) is 10.9 Å². The lowest BCUT2D eigenvalue weighted by atomic mass is 10.0. The molecule has 0 aliphatic rings. The Balaban J connectivity index is 2.02. The molecule has 1 N–H and O–H groups in total. The Morgan fingerprint density at radius 2 is 2.04 bits per heavy atom. The van der Waals surface area contributed by atoms with E-state index in [0.29, 0.717) is 12.5 Å². The molecule has 1 unspecified atom stereocenters. The van der Waals surface area contributed by atoms with E-state index in [0.717, 1.165) is 33.5 Å². The lowest BCUT2D eigenvalue weighted by Crippen LogP contribution is -2.18. The van der Waals surface area contributed by atoms with Gasteiger partial charge in [-0.1, -0.05) is 13.8 Å². The van der Waals surface area contributed by atoms with Gasteiger partial charge in [-0.2, -0.15) is 0 Å². The summed E-state index contributed by atoms with van der Waals surface area (Å²) in [6.07, 6.45) is 7.41. The Kier molecular flexibility index (Phi) is 5.44. The van der Waals surface area contributed by atoms with Crippen LogP contribution in [0.3, 0.4) is 0 Å². The molecule has 0 spiro atoms. The van der Waals surface area contributed by atoms with Crippen molar-refractivity contribution < 1.29 is 9.53 Å². The number of nitrogens with zero attached hydrogens (tertiary/aromatic N) is 3. The molecular formula is C21H26N4O2. The van der Waals surface area contributed by atoms with Crippen LogP contribution in [-0.4, -0.2) is 27.1 Å². The van der Waals surface area contributed by atoms with Crippen LogP contribution in [0.15, 0.2) is 36.9 Å². The smallest absolute Gasteiger partial charge is 0.328 e. The summed E-state index contributed by atoms with van der Waals surface area (Å²) in [5.74, 6) is 0.861. The fourth-order valence-electron chi connectivity index (χ4n) is 3.21. The second kappa shape index (κ2) is 7.78. The second-order valence-corrected chi connectivity index (χ2v) is 6.94. The number of carbonyl (C=O) groups excluding carboxylic acids is 1. The van der Waals surface area contributed by atoms with Crippen LogP contribution in [0.2, 0.25) is 0 Å². The van der Waals surface area contributed by atoms with Crippen LogP contribution >= 0.6 is 0 Å². The molecule has 142 valence electrons. The zero-order chi connectivity index (χ0) is 19.6. The zero-order valence-corrected chi connectivity index (χ0v) is 16.5. The van der Waals surface area contributed by atoms with Gasteiger partial charge in [0.25, 0.3) is 0 Å². The number of hydrogen-bond donors (Lipinski definition) is 1. The lowest BCUT2D eigenvalue weighted by molar-refractivity contribution is -0.146. The van der Waals surface area contributed by atoms with Crippen molar-refractivity contribution in [1.29, 1.82) is 0 Å². The highest BCUT2D eigenvalue weighted by atomic mass is 16.5. The molecule has 0 amide bonds. The number of aromatic nitrogens is 3. The average molecular weight is 366 g/mol. The minimum Gasteiger partial charge on any atom is -0.464 e. The third kappa shape index (κ3) is 3.65. The summed E-state index contributed by atoms with van der Waals surface area (Å²) in [6, 6.07) is 3.50. The third-order valence-corrected chi connectivity index (χ3v) is 4.72. The number of hydrogen-bond acceptors (Lipinski definition) is 5. The summed E-state index contributed by atoms with van der Waals surface area (Å²) < 4.78 is 7.08. The average Bonchev–Trinajstić information content (AvgIpc) is 3.07. The molecule has 0 aliphatic carbocycles. The first kappa shape index (κ1) is 18.9. The molecule has 0 saturated carbocycles. The van der Waals surface area contributed by atoms with Gasteiger partial charge in [-0.05, 0) is 49.9 Å². The predicted octanol–water partition coefficient (Wildman–Crippen LogP) is 4.73. The van der Waals surface area contributed by atoms with Gasteiger partial charge in [0, 0.05) is 35.9 Å². The molecule has 6 nitrogen and oxygen atoms in total. The van der Waals surface area contributed by atoms with Gasteiger partial charge in [-0.3, -0.25) is 4.98 Å². The van der Waals surface area contributed by atoms with Gasteiger partial charge < -0.3 is 14.6 Å². The number of rotatable bonds is 6. The Morgan fingerprint density at radius 3 is 2.74 bits per heavy atom. The topological polar surface area (TPSA) is 69.0 Å². The first-order valence-corrected chi connectivity index (χ1v) is 9.27. The Morgan fingerprint density at radius 1 is 1.26 bits per heavy atom. The SMILES string of the molecule is CCOC(=O)C(C)n1ccc2c(Nc3c(C)cncc3C(C)C)nccc21. The maximum Gasteiger partial charge on any atom is 0.328 e. The van der Waals surface area contributed by atoms with Crippen LogP contribution in [0.4, 0.5) is 11.5 Å². The van der Waals surface area contributed by atoms with Crippen molar-refractivity contribution in [2.24, 2.45) is 0 Å². The number of aryl methyl sites for hydroxylation is 1. The normalized spacial score (nSPS) is 12.4. The first-order valence-electron chi connectivity index (χ1n) is 9.27. The van der Waals surface area contributed by atoms with E-state index < -0.39 is 6.04 Å². The number of carbonyl (C=O) groups is 1. The van der Waals surface area contributed by atoms with Crippen LogP contribution < -0.4 is 5.32 Å². The highest BCUT2D eigenvalue weighted by Crippen LogP contribution is 2.32. The van der Waals surface area contributed by atoms with E-state index in [9.17, 15) is 4.79 Å². The zero-order valence-electron chi connectivity index (χ0n) is 16.5. The molecular weight excluding hydrogens is 340 g/mol. The van der Waals surface area contributed by atoms with Gasteiger partial charge in [0.2, 0.25) is 0 Å². The Hall–Kier alpha value is -2.89. The fraction of sp³-hybridized carbons (Fsp3) is 0.381. The largest absolute Gasteiger partial charge is 0.464 e. The standard InChI is InChI=1S/C21H26N4O2/c1-6-27-21(26)15(5)25-10-8-16-18(25)7-9-23-20(16)24-19-14(4)11-22-12-17(19)13(2)3/h7-13,15H,6H2,1-5H3,(H,22,23,24). The molecule has 0 aliphatic heterocycles. The van der Waals surface area contributed by atoms with Gasteiger partial charge in [0.15, 0.2) is 0 Å². The van der Waals surface area contributed by atoms with Crippen molar-refractivity contribution in [3.8, 4) is 0 Å². The van der Waals surface area contributed by atoms with Gasteiger partial charge in [0.1, 0.15) is 11.9 Å². The number of esters is 1. The quantitative estimate of drug-likeness (QED) is 0.639. The monoisotopic (exact) mass is 366 g/mol. The van der Waals surface area contributed by atoms with Crippen molar-refractivity contribution in [2.45, 2.75) is 46.6 Å². The third-order valence-electron chi connectivity index (χ3n) is 4.72. The van der Waals surface area contributed by atoms with E-state index in [1.54, 1.807) is 6.20 Å². The molecule has 27 heavy (non-hydrogen) atoms. The number of nitrogens with one attached hydrogen (secondary N) is 1. The highest BCUT2D eigenvalue weighted by molar-refractivity contribution is 5.93. The van der Waals surface area contributed by atoms with Crippen molar-refractivity contribution in [2.75, 3.05) is 11.9 Å². The minimum absolute atomic E-state index is 0.242. The Labute approximate surface area is 159 Å². The van der Waals surface area contributed by atoms with E-state index in [1.807, 2.05) is 56.1 Å². The Bertz CT molecular complexity index is 962. The fourth-order valence-corrected chi connectivity index (χ4v) is 3.21. The second-order valence-electron chi connectivity index (χ2n) is 6.94. The van der Waals surface area contributed by atoms with E-state index >= 15 is 0 Å².